The molecule has 0 radical (unpaired) electrons. The number of nitrogens with zero attached hydrogens (tertiary/aromatic N) is 1. The molecule has 0 spiro atoms. The van der Waals surface area contributed by atoms with E-state index in [1.165, 1.54) is 0 Å². The fraction of sp³-hybridized carbons (Fsp3) is 0.679. The van der Waals surface area contributed by atoms with Gasteiger partial charge in [0.25, 0.3) is 0 Å². The lowest BCUT2D eigenvalue weighted by Crippen LogP contribution is -2.55. The largest absolute Gasteiger partial charge is 0.444 e. The molecule has 2 unspecified atom stereocenters. The van der Waals surface area contributed by atoms with Crippen LogP contribution in [0.15, 0.2) is 18.2 Å². The monoisotopic (exact) mass is 521 g/mol. The van der Waals surface area contributed by atoms with Crippen molar-refractivity contribution < 1.29 is 19.1 Å². The highest BCUT2D eigenvalue weighted by Crippen LogP contribution is 2.30. The molecule has 2 atom stereocenters. The molecule has 0 aliphatic carbocycles. The van der Waals surface area contributed by atoms with Gasteiger partial charge >= 0.3 is 6.09 Å². The second-order valence-electron chi connectivity index (χ2n) is 10.5. The van der Waals surface area contributed by atoms with Gasteiger partial charge in [0, 0.05) is 12.6 Å². The lowest BCUT2D eigenvalue weighted by molar-refractivity contribution is -0.144. The summed E-state index contributed by atoms with van der Waals surface area (Å²) >= 11 is 1.60. The molecular weight excluding hydrogens is 474 g/mol. The Bertz CT molecular complexity index is 847. The fourth-order valence-electron chi connectivity index (χ4n) is 4.14. The number of hydrogen-bond donors (Lipinski definition) is 2. The van der Waals surface area contributed by atoms with Gasteiger partial charge < -0.3 is 20.3 Å². The number of aryl methyl sites for hydroxylation is 2. The van der Waals surface area contributed by atoms with E-state index in [-0.39, 0.29) is 17.9 Å². The summed E-state index contributed by atoms with van der Waals surface area (Å²) in [4.78, 5) is 42.0. The summed E-state index contributed by atoms with van der Waals surface area (Å²) in [6.45, 7) is 15.8. The number of carbonyl (C=O) groups is 3. The second-order valence-corrected chi connectivity index (χ2v) is 11.5. The van der Waals surface area contributed by atoms with E-state index in [1.807, 2.05) is 52.1 Å². The molecule has 36 heavy (non-hydrogen) atoms. The Balaban J connectivity index is 3.46. The van der Waals surface area contributed by atoms with Gasteiger partial charge in [0.1, 0.15) is 17.7 Å². The zero-order chi connectivity index (χ0) is 27.5. The highest BCUT2D eigenvalue weighted by molar-refractivity contribution is 7.98. The van der Waals surface area contributed by atoms with Gasteiger partial charge in [-0.05, 0) is 90.0 Å². The number of thioether (sulfide) groups is 1. The predicted octanol–water partition coefficient (Wildman–Crippen LogP) is 5.53. The van der Waals surface area contributed by atoms with Crippen LogP contribution in [0.1, 0.15) is 90.0 Å². The van der Waals surface area contributed by atoms with E-state index in [1.54, 1.807) is 37.4 Å². The summed E-state index contributed by atoms with van der Waals surface area (Å²) in [5.74, 6) is 0.183. The molecule has 0 saturated heterocycles. The van der Waals surface area contributed by atoms with Gasteiger partial charge in [0.2, 0.25) is 11.8 Å². The SMILES string of the molecule is CCCCCNC(=O)C(c1c(C)cccc1C)N(C(=O)C(CCSC)NC(=O)OC(C)(C)C)C(C)C. The van der Waals surface area contributed by atoms with Crippen LogP contribution in [0.4, 0.5) is 4.79 Å². The average Bonchev–Trinajstić information content (AvgIpc) is 2.76. The smallest absolute Gasteiger partial charge is 0.408 e. The van der Waals surface area contributed by atoms with E-state index in [0.717, 1.165) is 36.0 Å². The molecule has 1 aromatic carbocycles. The van der Waals surface area contributed by atoms with Crippen molar-refractivity contribution in [3.8, 4) is 0 Å². The van der Waals surface area contributed by atoms with E-state index >= 15 is 0 Å². The Kier molecular flexibility index (Phi) is 13.4. The minimum Gasteiger partial charge on any atom is -0.444 e. The van der Waals surface area contributed by atoms with Crippen LogP contribution in [0, 0.1) is 13.8 Å². The Morgan fingerprint density at radius 1 is 1.08 bits per heavy atom. The maximum absolute atomic E-state index is 14.1. The molecule has 3 amide bonds. The van der Waals surface area contributed by atoms with Crippen LogP contribution >= 0.6 is 11.8 Å². The molecule has 0 saturated carbocycles. The number of benzene rings is 1. The van der Waals surface area contributed by atoms with Crippen LogP contribution in [0.3, 0.4) is 0 Å². The zero-order valence-electron chi connectivity index (χ0n) is 23.7. The van der Waals surface area contributed by atoms with Gasteiger partial charge in [-0.1, -0.05) is 38.0 Å². The van der Waals surface area contributed by atoms with Gasteiger partial charge in [0.05, 0.1) is 0 Å². The van der Waals surface area contributed by atoms with Crippen molar-refractivity contribution in [3.05, 3.63) is 34.9 Å². The van der Waals surface area contributed by atoms with Gasteiger partial charge in [-0.2, -0.15) is 11.8 Å². The summed E-state index contributed by atoms with van der Waals surface area (Å²) < 4.78 is 5.44. The van der Waals surface area contributed by atoms with Crippen molar-refractivity contribution >= 4 is 29.7 Å². The molecule has 0 aromatic heterocycles. The average molecular weight is 522 g/mol. The van der Waals surface area contributed by atoms with E-state index in [9.17, 15) is 14.4 Å². The number of alkyl carbamates (subject to hydrolysis) is 1. The third-order valence-corrected chi connectivity index (χ3v) is 6.48. The van der Waals surface area contributed by atoms with Crippen LogP contribution in [0.5, 0.6) is 0 Å². The minimum atomic E-state index is -0.811. The zero-order valence-corrected chi connectivity index (χ0v) is 24.5. The van der Waals surface area contributed by atoms with Crippen molar-refractivity contribution in [2.75, 3.05) is 18.6 Å². The molecule has 8 heteroatoms. The normalized spacial score (nSPS) is 13.2. The summed E-state index contributed by atoms with van der Waals surface area (Å²) in [7, 11) is 0. The fourth-order valence-corrected chi connectivity index (χ4v) is 4.61. The minimum absolute atomic E-state index is 0.202. The molecule has 1 aromatic rings. The first-order valence-electron chi connectivity index (χ1n) is 13.0. The molecule has 0 aliphatic rings. The first-order chi connectivity index (χ1) is 16.8. The standard InChI is InChI=1S/C28H47N3O4S/c1-10-11-12-17-29-25(32)24(23-20(4)14-13-15-21(23)5)31(19(2)3)26(33)22(16-18-36-9)30-27(34)35-28(6,7)8/h13-15,19,22,24H,10-12,16-18H2,1-9H3,(H,29,32)(H,30,34). The van der Waals surface area contributed by atoms with E-state index in [2.05, 4.69) is 17.6 Å². The number of hydrogen-bond acceptors (Lipinski definition) is 5. The molecule has 7 nitrogen and oxygen atoms in total. The van der Waals surface area contributed by atoms with Gasteiger partial charge in [-0.15, -0.1) is 0 Å². The lowest BCUT2D eigenvalue weighted by atomic mass is 9.92. The third kappa shape index (κ3) is 10.0. The number of unbranched alkanes of at least 4 members (excludes halogenated alkanes) is 2. The van der Waals surface area contributed by atoms with Crippen molar-refractivity contribution in [2.45, 2.75) is 105 Å². The lowest BCUT2D eigenvalue weighted by Gasteiger charge is -2.38. The molecule has 2 N–H and O–H groups in total. The van der Waals surface area contributed by atoms with E-state index in [4.69, 9.17) is 4.74 Å². The number of nitrogens with one attached hydrogen (secondary N) is 2. The van der Waals surface area contributed by atoms with Crippen molar-refractivity contribution in [1.29, 1.82) is 0 Å². The maximum Gasteiger partial charge on any atom is 0.408 e. The predicted molar refractivity (Wildman–Crippen MR) is 149 cm³/mol. The van der Waals surface area contributed by atoms with Crippen LogP contribution in [-0.2, 0) is 14.3 Å². The summed E-state index contributed by atoms with van der Waals surface area (Å²) in [5.41, 5.74) is 2.04. The Morgan fingerprint density at radius 2 is 1.69 bits per heavy atom. The number of amides is 3. The van der Waals surface area contributed by atoms with Gasteiger partial charge in [-0.25, -0.2) is 4.79 Å². The Morgan fingerprint density at radius 3 is 2.19 bits per heavy atom. The Hall–Kier alpha value is -2.22. The number of ether oxygens (including phenoxy) is 1. The van der Waals surface area contributed by atoms with Crippen LogP contribution in [-0.4, -0.2) is 59.0 Å². The van der Waals surface area contributed by atoms with Crippen molar-refractivity contribution in [2.24, 2.45) is 0 Å². The van der Waals surface area contributed by atoms with Crippen molar-refractivity contribution in [3.63, 3.8) is 0 Å². The van der Waals surface area contributed by atoms with Crippen LogP contribution in [0.25, 0.3) is 0 Å². The van der Waals surface area contributed by atoms with Gasteiger partial charge in [-0.3, -0.25) is 9.59 Å². The van der Waals surface area contributed by atoms with Gasteiger partial charge in [0.15, 0.2) is 0 Å². The molecule has 0 bridgehead atoms. The third-order valence-electron chi connectivity index (χ3n) is 5.83. The first-order valence-corrected chi connectivity index (χ1v) is 14.4. The maximum atomic E-state index is 14.1. The Labute approximate surface area is 222 Å². The van der Waals surface area contributed by atoms with Crippen LogP contribution in [0.2, 0.25) is 0 Å². The molecule has 204 valence electrons. The number of carbonyl (C=O) groups excluding carboxylic acids is 3. The molecule has 1 rings (SSSR count). The van der Waals surface area contributed by atoms with E-state index in [0.29, 0.717) is 18.7 Å². The first kappa shape index (κ1) is 31.8. The van der Waals surface area contributed by atoms with E-state index < -0.39 is 23.8 Å². The summed E-state index contributed by atoms with van der Waals surface area (Å²) in [5, 5.41) is 5.85. The molecule has 0 aliphatic heterocycles. The molecule has 0 fully saturated rings. The highest BCUT2D eigenvalue weighted by atomic mass is 32.2. The quantitative estimate of drug-likeness (QED) is 0.333. The molecular formula is C28H47N3O4S. The second kappa shape index (κ2) is 15.1. The van der Waals surface area contributed by atoms with Crippen LogP contribution < -0.4 is 10.6 Å². The topological polar surface area (TPSA) is 87.7 Å². The number of rotatable bonds is 13. The van der Waals surface area contributed by atoms with Crippen molar-refractivity contribution in [1.82, 2.24) is 15.5 Å². The molecule has 0 heterocycles. The highest BCUT2D eigenvalue weighted by Gasteiger charge is 2.38. The summed E-state index contributed by atoms with van der Waals surface area (Å²) in [6.07, 6.45) is 4.71. The summed E-state index contributed by atoms with van der Waals surface area (Å²) in [6, 6.07) is 3.99.